The van der Waals surface area contributed by atoms with Crippen molar-refractivity contribution in [3.63, 3.8) is 0 Å². The van der Waals surface area contributed by atoms with E-state index in [4.69, 9.17) is 28.9 Å². The van der Waals surface area contributed by atoms with E-state index in [2.05, 4.69) is 40.1 Å². The van der Waals surface area contributed by atoms with Crippen LogP contribution in [0.5, 0.6) is 0 Å². The standard InChI is InChI=1S/C23H23Cl2N5/c24-19-7-6-18(21(25)12-19)16-30-20(14-26)13-22(27)23(30)29-10-8-28(9-11-29)15-17-4-2-1-3-5-17/h1-7,12-13H,8-11,15-16,27H2. The Balaban J connectivity index is 1.53. The SMILES string of the molecule is N#Cc1cc(N)c(N2CCN(Cc3ccccc3)CC2)n1Cc1ccc(Cl)cc1Cl. The highest BCUT2D eigenvalue weighted by atomic mass is 35.5. The van der Waals surface area contributed by atoms with E-state index >= 15 is 0 Å². The van der Waals surface area contributed by atoms with Crippen molar-refractivity contribution in [2.45, 2.75) is 13.1 Å². The number of piperazine rings is 1. The van der Waals surface area contributed by atoms with Gasteiger partial charge in [-0.1, -0.05) is 59.6 Å². The van der Waals surface area contributed by atoms with Crippen molar-refractivity contribution in [2.24, 2.45) is 0 Å². The molecule has 1 fully saturated rings. The minimum atomic E-state index is 0.468. The largest absolute Gasteiger partial charge is 0.396 e. The van der Waals surface area contributed by atoms with Gasteiger partial charge < -0.3 is 15.2 Å². The molecular weight excluding hydrogens is 417 g/mol. The molecule has 4 rings (SSSR count). The van der Waals surface area contributed by atoms with Crippen LogP contribution in [-0.4, -0.2) is 35.6 Å². The van der Waals surface area contributed by atoms with Gasteiger partial charge >= 0.3 is 0 Å². The molecule has 2 N–H and O–H groups in total. The van der Waals surface area contributed by atoms with Crippen LogP contribution in [0.15, 0.2) is 54.6 Å². The van der Waals surface area contributed by atoms with Crippen LogP contribution in [0.3, 0.4) is 0 Å². The number of hydrogen-bond donors (Lipinski definition) is 1. The van der Waals surface area contributed by atoms with E-state index in [1.165, 1.54) is 5.56 Å². The van der Waals surface area contributed by atoms with Crippen LogP contribution >= 0.6 is 23.2 Å². The molecule has 1 saturated heterocycles. The molecule has 154 valence electrons. The van der Waals surface area contributed by atoms with Crippen LogP contribution in [0, 0.1) is 11.3 Å². The first-order valence-electron chi connectivity index (χ1n) is 9.89. The fourth-order valence-corrected chi connectivity index (χ4v) is 4.41. The molecule has 5 nitrogen and oxygen atoms in total. The first kappa shape index (κ1) is 20.6. The Hall–Kier alpha value is -2.65. The Morgan fingerprint density at radius 3 is 2.33 bits per heavy atom. The zero-order valence-electron chi connectivity index (χ0n) is 16.6. The van der Waals surface area contributed by atoms with Gasteiger partial charge in [0.2, 0.25) is 0 Å². The fourth-order valence-electron chi connectivity index (χ4n) is 3.95. The Kier molecular flexibility index (Phi) is 6.19. The van der Waals surface area contributed by atoms with Gasteiger partial charge in [0.25, 0.3) is 0 Å². The maximum Gasteiger partial charge on any atom is 0.133 e. The highest BCUT2D eigenvalue weighted by molar-refractivity contribution is 6.35. The zero-order valence-corrected chi connectivity index (χ0v) is 18.1. The van der Waals surface area contributed by atoms with E-state index in [1.54, 1.807) is 12.1 Å². The lowest BCUT2D eigenvalue weighted by molar-refractivity contribution is 0.249. The van der Waals surface area contributed by atoms with Crippen molar-refractivity contribution in [1.82, 2.24) is 9.47 Å². The third-order valence-electron chi connectivity index (χ3n) is 5.48. The number of benzene rings is 2. The van der Waals surface area contributed by atoms with E-state index < -0.39 is 0 Å². The van der Waals surface area contributed by atoms with Crippen molar-refractivity contribution < 1.29 is 0 Å². The Morgan fingerprint density at radius 2 is 1.67 bits per heavy atom. The summed E-state index contributed by atoms with van der Waals surface area (Å²) in [6, 6.07) is 19.9. The maximum absolute atomic E-state index is 9.64. The molecule has 3 aromatic rings. The molecule has 1 aromatic heterocycles. The predicted molar refractivity (Wildman–Crippen MR) is 123 cm³/mol. The predicted octanol–water partition coefficient (Wildman–Crippen LogP) is 4.62. The number of rotatable bonds is 5. The summed E-state index contributed by atoms with van der Waals surface area (Å²) in [7, 11) is 0. The van der Waals surface area contributed by atoms with Gasteiger partial charge in [0.05, 0.1) is 12.2 Å². The van der Waals surface area contributed by atoms with Crippen LogP contribution in [0.25, 0.3) is 0 Å². The van der Waals surface area contributed by atoms with Gasteiger partial charge in [-0.15, -0.1) is 0 Å². The van der Waals surface area contributed by atoms with Crippen molar-refractivity contribution in [1.29, 1.82) is 5.26 Å². The van der Waals surface area contributed by atoms with Crippen molar-refractivity contribution >= 4 is 34.7 Å². The minimum Gasteiger partial charge on any atom is -0.396 e. The average molecular weight is 440 g/mol. The van der Waals surface area contributed by atoms with Crippen LogP contribution in [-0.2, 0) is 13.1 Å². The van der Waals surface area contributed by atoms with Gasteiger partial charge in [0, 0.05) is 42.8 Å². The minimum absolute atomic E-state index is 0.468. The topological polar surface area (TPSA) is 61.2 Å². The molecule has 30 heavy (non-hydrogen) atoms. The van der Waals surface area contributed by atoms with Gasteiger partial charge in [-0.3, -0.25) is 4.90 Å². The summed E-state index contributed by atoms with van der Waals surface area (Å²) in [6.45, 7) is 4.97. The molecule has 0 unspecified atom stereocenters. The van der Waals surface area contributed by atoms with Crippen molar-refractivity contribution in [3.05, 3.63) is 81.5 Å². The molecule has 7 heteroatoms. The van der Waals surface area contributed by atoms with Crippen LogP contribution < -0.4 is 10.6 Å². The van der Waals surface area contributed by atoms with E-state index in [-0.39, 0.29) is 0 Å². The summed E-state index contributed by atoms with van der Waals surface area (Å²) in [5.74, 6) is 0.886. The smallest absolute Gasteiger partial charge is 0.133 e. The monoisotopic (exact) mass is 439 g/mol. The number of halogens is 2. The number of nitriles is 1. The Morgan fingerprint density at radius 1 is 0.933 bits per heavy atom. The number of nitrogen functional groups attached to an aromatic ring is 1. The lowest BCUT2D eigenvalue weighted by atomic mass is 10.2. The first-order chi connectivity index (χ1) is 14.5. The molecule has 0 spiro atoms. The third kappa shape index (κ3) is 4.41. The number of nitrogens with zero attached hydrogens (tertiary/aromatic N) is 4. The van der Waals surface area contributed by atoms with Crippen molar-refractivity contribution in [2.75, 3.05) is 36.8 Å². The summed E-state index contributed by atoms with van der Waals surface area (Å²) in [5.41, 5.74) is 9.71. The van der Waals surface area contributed by atoms with Gasteiger partial charge in [0.1, 0.15) is 17.6 Å². The molecule has 2 aromatic carbocycles. The Bertz CT molecular complexity index is 1060. The molecule has 1 aliphatic heterocycles. The number of anilines is 2. The molecule has 1 aliphatic rings. The fraction of sp³-hybridized carbons (Fsp3) is 0.261. The summed E-state index contributed by atoms with van der Waals surface area (Å²) in [6.07, 6.45) is 0. The Labute approximate surface area is 186 Å². The second-order valence-electron chi connectivity index (χ2n) is 7.49. The van der Waals surface area contributed by atoms with Gasteiger partial charge in [-0.25, -0.2) is 0 Å². The molecule has 0 saturated carbocycles. The van der Waals surface area contributed by atoms with Gasteiger partial charge in [0.15, 0.2) is 0 Å². The molecule has 0 radical (unpaired) electrons. The number of nitrogens with two attached hydrogens (primary N) is 1. The zero-order chi connectivity index (χ0) is 21.1. The third-order valence-corrected chi connectivity index (χ3v) is 6.06. The van der Waals surface area contributed by atoms with Crippen LogP contribution in [0.4, 0.5) is 11.5 Å². The molecule has 0 aliphatic carbocycles. The first-order valence-corrected chi connectivity index (χ1v) is 10.6. The molecule has 0 amide bonds. The number of aromatic nitrogens is 1. The average Bonchev–Trinajstić information content (AvgIpc) is 3.06. The molecule has 2 heterocycles. The molecule has 0 atom stereocenters. The van der Waals surface area contributed by atoms with Gasteiger partial charge in [-0.05, 0) is 29.3 Å². The normalized spacial score (nSPS) is 14.6. The van der Waals surface area contributed by atoms with E-state index in [0.717, 1.165) is 44.1 Å². The van der Waals surface area contributed by atoms with Crippen molar-refractivity contribution in [3.8, 4) is 6.07 Å². The summed E-state index contributed by atoms with van der Waals surface area (Å²) in [5, 5.41) is 10.8. The van der Waals surface area contributed by atoms with Crippen LogP contribution in [0.2, 0.25) is 10.0 Å². The van der Waals surface area contributed by atoms with Gasteiger partial charge in [-0.2, -0.15) is 5.26 Å². The van der Waals surface area contributed by atoms with E-state index in [1.807, 2.05) is 22.8 Å². The van der Waals surface area contributed by atoms with Crippen LogP contribution in [0.1, 0.15) is 16.8 Å². The molecule has 0 bridgehead atoms. The highest BCUT2D eigenvalue weighted by Crippen LogP contribution is 2.31. The van der Waals surface area contributed by atoms with E-state index in [9.17, 15) is 5.26 Å². The number of hydrogen-bond acceptors (Lipinski definition) is 4. The summed E-state index contributed by atoms with van der Waals surface area (Å²) >= 11 is 12.4. The molecular formula is C23H23Cl2N5. The lowest BCUT2D eigenvalue weighted by Gasteiger charge is -2.36. The maximum atomic E-state index is 9.64. The highest BCUT2D eigenvalue weighted by Gasteiger charge is 2.24. The summed E-state index contributed by atoms with van der Waals surface area (Å²) < 4.78 is 1.96. The second-order valence-corrected chi connectivity index (χ2v) is 8.33. The quantitative estimate of drug-likeness (QED) is 0.629. The lowest BCUT2D eigenvalue weighted by Crippen LogP contribution is -2.46. The van der Waals surface area contributed by atoms with E-state index in [0.29, 0.717) is 28.0 Å². The summed E-state index contributed by atoms with van der Waals surface area (Å²) in [4.78, 5) is 4.71. The second kappa shape index (κ2) is 9.01.